The SMILES string of the molecule is Cc1ccc(C(=O)O)cc1S(=O)(=O)N(C)C. The minimum absolute atomic E-state index is 0.0254. The second-order valence-corrected chi connectivity index (χ2v) is 5.69. The molecule has 0 saturated carbocycles. The number of nitrogens with zero attached hydrogens (tertiary/aromatic N) is 1. The lowest BCUT2D eigenvalue weighted by molar-refractivity contribution is 0.0696. The third kappa shape index (κ3) is 2.23. The van der Waals surface area contributed by atoms with E-state index in [4.69, 9.17) is 5.11 Å². The van der Waals surface area contributed by atoms with E-state index in [-0.39, 0.29) is 10.5 Å². The van der Waals surface area contributed by atoms with Crippen molar-refractivity contribution in [2.75, 3.05) is 14.1 Å². The number of aryl methyl sites for hydroxylation is 1. The van der Waals surface area contributed by atoms with Crippen LogP contribution in [-0.4, -0.2) is 37.9 Å². The summed E-state index contributed by atoms with van der Waals surface area (Å²) in [5.41, 5.74) is 0.490. The average molecular weight is 243 g/mol. The standard InChI is InChI=1S/C10H13NO4S/c1-7-4-5-8(10(12)13)6-9(7)16(14,15)11(2)3/h4-6H,1-3H3,(H,12,13). The van der Waals surface area contributed by atoms with E-state index in [1.54, 1.807) is 6.92 Å². The van der Waals surface area contributed by atoms with Gasteiger partial charge in [-0.1, -0.05) is 6.07 Å². The first-order chi connectivity index (χ1) is 7.26. The van der Waals surface area contributed by atoms with Crippen molar-refractivity contribution < 1.29 is 18.3 Å². The summed E-state index contributed by atoms with van der Waals surface area (Å²) in [6.45, 7) is 1.63. The Kier molecular flexibility index (Phi) is 3.35. The second kappa shape index (κ2) is 4.23. The average Bonchev–Trinajstić information content (AvgIpc) is 2.17. The van der Waals surface area contributed by atoms with E-state index in [9.17, 15) is 13.2 Å². The summed E-state index contributed by atoms with van der Waals surface area (Å²) in [4.78, 5) is 10.8. The molecular formula is C10H13NO4S. The first-order valence-electron chi connectivity index (χ1n) is 4.53. The van der Waals surface area contributed by atoms with Crippen molar-refractivity contribution in [3.05, 3.63) is 29.3 Å². The lowest BCUT2D eigenvalue weighted by atomic mass is 10.1. The number of benzene rings is 1. The maximum Gasteiger partial charge on any atom is 0.335 e. The molecule has 0 amide bonds. The van der Waals surface area contributed by atoms with Crippen molar-refractivity contribution in [3.63, 3.8) is 0 Å². The van der Waals surface area contributed by atoms with Gasteiger partial charge in [0.2, 0.25) is 10.0 Å². The van der Waals surface area contributed by atoms with Crippen LogP contribution in [-0.2, 0) is 10.0 Å². The van der Waals surface area contributed by atoms with Crippen LogP contribution in [0.1, 0.15) is 15.9 Å². The number of carboxylic acid groups (broad SMARTS) is 1. The highest BCUT2D eigenvalue weighted by molar-refractivity contribution is 7.89. The van der Waals surface area contributed by atoms with Crippen molar-refractivity contribution in [1.29, 1.82) is 0 Å². The second-order valence-electron chi connectivity index (χ2n) is 3.57. The van der Waals surface area contributed by atoms with Crippen LogP contribution in [0.5, 0.6) is 0 Å². The van der Waals surface area contributed by atoms with Crippen LogP contribution in [0, 0.1) is 6.92 Å². The van der Waals surface area contributed by atoms with Gasteiger partial charge in [0.25, 0.3) is 0 Å². The smallest absolute Gasteiger partial charge is 0.335 e. The van der Waals surface area contributed by atoms with Gasteiger partial charge in [0.05, 0.1) is 10.5 Å². The van der Waals surface area contributed by atoms with Gasteiger partial charge in [-0.05, 0) is 24.6 Å². The maximum absolute atomic E-state index is 11.9. The zero-order valence-electron chi connectivity index (χ0n) is 9.26. The van der Waals surface area contributed by atoms with E-state index in [0.29, 0.717) is 5.56 Å². The molecular weight excluding hydrogens is 230 g/mol. The highest BCUT2D eigenvalue weighted by Gasteiger charge is 2.21. The number of carboxylic acids is 1. The number of sulfonamides is 1. The maximum atomic E-state index is 11.9. The molecule has 16 heavy (non-hydrogen) atoms. The quantitative estimate of drug-likeness (QED) is 0.857. The molecule has 0 aliphatic heterocycles. The van der Waals surface area contributed by atoms with Gasteiger partial charge in [0.15, 0.2) is 0 Å². The molecule has 1 aromatic rings. The monoisotopic (exact) mass is 243 g/mol. The predicted molar refractivity (Wildman–Crippen MR) is 59.0 cm³/mol. The van der Waals surface area contributed by atoms with Crippen molar-refractivity contribution in [1.82, 2.24) is 4.31 Å². The van der Waals surface area contributed by atoms with Crippen LogP contribution >= 0.6 is 0 Å². The van der Waals surface area contributed by atoms with E-state index >= 15 is 0 Å². The molecule has 5 nitrogen and oxygen atoms in total. The highest BCUT2D eigenvalue weighted by Crippen LogP contribution is 2.19. The fraction of sp³-hybridized carbons (Fsp3) is 0.300. The summed E-state index contributed by atoms with van der Waals surface area (Å²) in [5.74, 6) is -1.14. The summed E-state index contributed by atoms with van der Waals surface area (Å²) in [6.07, 6.45) is 0. The lowest BCUT2D eigenvalue weighted by Crippen LogP contribution is -2.23. The molecule has 0 aromatic heterocycles. The molecule has 0 unspecified atom stereocenters. The Hall–Kier alpha value is -1.40. The van der Waals surface area contributed by atoms with Gasteiger partial charge in [0.1, 0.15) is 0 Å². The molecule has 0 heterocycles. The Morgan fingerprint density at radius 1 is 1.31 bits per heavy atom. The summed E-state index contributed by atoms with van der Waals surface area (Å²) in [5, 5.41) is 8.80. The van der Waals surface area contributed by atoms with Crippen molar-refractivity contribution >= 4 is 16.0 Å². The molecule has 0 aliphatic carbocycles. The summed E-state index contributed by atoms with van der Waals surface area (Å²) in [7, 11) is -0.784. The predicted octanol–water partition coefficient (Wildman–Crippen LogP) is 0.944. The van der Waals surface area contributed by atoms with Crippen LogP contribution in [0.15, 0.2) is 23.1 Å². The molecule has 0 fully saturated rings. The van der Waals surface area contributed by atoms with E-state index in [0.717, 1.165) is 4.31 Å². The number of rotatable bonds is 3. The van der Waals surface area contributed by atoms with E-state index in [2.05, 4.69) is 0 Å². The Labute approximate surface area is 94.4 Å². The summed E-state index contributed by atoms with van der Waals surface area (Å²) in [6, 6.07) is 4.04. The Morgan fingerprint density at radius 2 is 1.88 bits per heavy atom. The first-order valence-corrected chi connectivity index (χ1v) is 5.97. The normalized spacial score (nSPS) is 11.8. The lowest BCUT2D eigenvalue weighted by Gasteiger charge is -2.13. The summed E-state index contributed by atoms with van der Waals surface area (Å²) >= 11 is 0. The van der Waals surface area contributed by atoms with Gasteiger partial charge in [-0.25, -0.2) is 17.5 Å². The molecule has 0 saturated heterocycles. The largest absolute Gasteiger partial charge is 0.478 e. The molecule has 0 radical (unpaired) electrons. The van der Waals surface area contributed by atoms with Gasteiger partial charge >= 0.3 is 5.97 Å². The Balaban J connectivity index is 3.45. The molecule has 88 valence electrons. The van der Waals surface area contributed by atoms with Crippen molar-refractivity contribution in [2.24, 2.45) is 0 Å². The summed E-state index contributed by atoms with van der Waals surface area (Å²) < 4.78 is 24.8. The molecule has 1 rings (SSSR count). The van der Waals surface area contributed by atoms with Gasteiger partial charge < -0.3 is 5.11 Å². The Bertz CT molecular complexity index is 520. The molecule has 0 atom stereocenters. The zero-order chi connectivity index (χ0) is 12.5. The van der Waals surface area contributed by atoms with Crippen LogP contribution in [0.25, 0.3) is 0 Å². The topological polar surface area (TPSA) is 74.7 Å². The van der Waals surface area contributed by atoms with Crippen LogP contribution in [0.3, 0.4) is 0 Å². The fourth-order valence-electron chi connectivity index (χ4n) is 1.21. The highest BCUT2D eigenvalue weighted by atomic mass is 32.2. The van der Waals surface area contributed by atoms with E-state index in [1.807, 2.05) is 0 Å². The van der Waals surface area contributed by atoms with Crippen LogP contribution in [0.2, 0.25) is 0 Å². The van der Waals surface area contributed by atoms with Crippen molar-refractivity contribution in [2.45, 2.75) is 11.8 Å². The third-order valence-electron chi connectivity index (χ3n) is 2.19. The molecule has 1 N–H and O–H groups in total. The van der Waals surface area contributed by atoms with E-state index in [1.165, 1.54) is 32.3 Å². The van der Waals surface area contributed by atoms with Crippen molar-refractivity contribution in [3.8, 4) is 0 Å². The number of hydrogen-bond acceptors (Lipinski definition) is 3. The van der Waals surface area contributed by atoms with Gasteiger partial charge in [-0.15, -0.1) is 0 Å². The van der Waals surface area contributed by atoms with Gasteiger partial charge in [-0.3, -0.25) is 0 Å². The van der Waals surface area contributed by atoms with Gasteiger partial charge in [-0.2, -0.15) is 0 Å². The molecule has 0 spiro atoms. The van der Waals surface area contributed by atoms with Crippen LogP contribution in [0.4, 0.5) is 0 Å². The number of aromatic carboxylic acids is 1. The molecule has 1 aromatic carbocycles. The third-order valence-corrected chi connectivity index (χ3v) is 4.15. The minimum Gasteiger partial charge on any atom is -0.478 e. The Morgan fingerprint density at radius 3 is 2.31 bits per heavy atom. The van der Waals surface area contributed by atoms with Gasteiger partial charge in [0, 0.05) is 14.1 Å². The van der Waals surface area contributed by atoms with Crippen LogP contribution < -0.4 is 0 Å². The minimum atomic E-state index is -3.59. The number of carbonyl (C=O) groups is 1. The molecule has 0 bridgehead atoms. The zero-order valence-corrected chi connectivity index (χ0v) is 10.1. The van der Waals surface area contributed by atoms with E-state index < -0.39 is 16.0 Å². The fourth-order valence-corrected chi connectivity index (χ4v) is 2.35. The molecule has 0 aliphatic rings. The first kappa shape index (κ1) is 12.7. The number of hydrogen-bond donors (Lipinski definition) is 1. The molecule has 6 heteroatoms.